The molecule has 4 aromatic rings. The largest absolute Gasteiger partial charge is 0.356 e. The van der Waals surface area contributed by atoms with Gasteiger partial charge in [0.05, 0.1) is 18.6 Å². The van der Waals surface area contributed by atoms with E-state index in [-0.39, 0.29) is 17.5 Å². The van der Waals surface area contributed by atoms with Crippen LogP contribution in [0.2, 0.25) is 0 Å². The molecule has 1 aliphatic rings. The maximum absolute atomic E-state index is 13.9. The molecule has 1 amide bonds. The van der Waals surface area contributed by atoms with Crippen LogP contribution in [0.3, 0.4) is 0 Å². The molecule has 0 bridgehead atoms. The molecule has 1 aliphatic heterocycles. The van der Waals surface area contributed by atoms with Crippen molar-refractivity contribution in [1.29, 1.82) is 0 Å². The number of amides is 1. The lowest BCUT2D eigenvalue weighted by atomic mass is 10.1. The van der Waals surface area contributed by atoms with Gasteiger partial charge in [-0.3, -0.25) is 19.1 Å². The molecular weight excluding hydrogens is 442 g/mol. The van der Waals surface area contributed by atoms with Gasteiger partial charge in [0, 0.05) is 51.4 Å². The van der Waals surface area contributed by atoms with E-state index in [9.17, 15) is 9.59 Å². The van der Waals surface area contributed by atoms with Crippen LogP contribution in [0, 0.1) is 0 Å². The first-order valence-electron chi connectivity index (χ1n) is 12.1. The highest BCUT2D eigenvalue weighted by atomic mass is 16.2. The van der Waals surface area contributed by atoms with Crippen LogP contribution >= 0.6 is 0 Å². The third kappa shape index (κ3) is 3.95. The van der Waals surface area contributed by atoms with Crippen LogP contribution < -0.4 is 16.2 Å². The van der Waals surface area contributed by atoms with Crippen molar-refractivity contribution in [2.75, 3.05) is 32.1 Å². The summed E-state index contributed by atoms with van der Waals surface area (Å²) in [6.07, 6.45) is 5.18. The van der Waals surface area contributed by atoms with Crippen LogP contribution in [0.5, 0.6) is 0 Å². The van der Waals surface area contributed by atoms with Crippen LogP contribution in [0.1, 0.15) is 35.8 Å². The highest BCUT2D eigenvalue weighted by Gasteiger charge is 2.31. The standard InChI is InChI=1S/C26H31N7O2/c1-4-33-23-22(21(25(34)30(2)3)24(33)31-13-7-9-18(27)14-31)29-16-32(26(23)35)15-20-19-10-6-5-8-17(19)11-12-28-20/h5-6,8,10-12,16,18H,4,7,9,13-15,27H2,1-3H3/t18-/m0/s1. The number of carbonyl (C=O) groups excluding carboxylic acids is 1. The average Bonchev–Trinajstić information content (AvgIpc) is 3.20. The Bertz CT molecular complexity index is 1460. The normalized spacial score (nSPS) is 16.2. The van der Waals surface area contributed by atoms with E-state index in [0.717, 1.165) is 41.7 Å². The number of rotatable bonds is 5. The van der Waals surface area contributed by atoms with Gasteiger partial charge in [-0.2, -0.15) is 0 Å². The molecule has 182 valence electrons. The number of anilines is 1. The van der Waals surface area contributed by atoms with Crippen LogP contribution in [0.15, 0.2) is 47.7 Å². The van der Waals surface area contributed by atoms with E-state index in [4.69, 9.17) is 5.73 Å². The van der Waals surface area contributed by atoms with Crippen molar-refractivity contribution in [3.8, 4) is 0 Å². The van der Waals surface area contributed by atoms with E-state index >= 15 is 0 Å². The second-order valence-electron chi connectivity index (χ2n) is 9.34. The van der Waals surface area contributed by atoms with Crippen LogP contribution in [-0.4, -0.2) is 63.1 Å². The number of hydrogen-bond acceptors (Lipinski definition) is 6. The van der Waals surface area contributed by atoms with Gasteiger partial charge in [-0.1, -0.05) is 24.3 Å². The Morgan fingerprint density at radius 1 is 1.20 bits per heavy atom. The van der Waals surface area contributed by atoms with Gasteiger partial charge in [0.15, 0.2) is 0 Å². The molecule has 0 radical (unpaired) electrons. The van der Waals surface area contributed by atoms with Crippen molar-refractivity contribution in [1.82, 2.24) is 24.0 Å². The van der Waals surface area contributed by atoms with E-state index in [1.165, 1.54) is 11.2 Å². The number of nitrogens with zero attached hydrogens (tertiary/aromatic N) is 6. The zero-order chi connectivity index (χ0) is 24.7. The predicted molar refractivity (Wildman–Crippen MR) is 138 cm³/mol. The van der Waals surface area contributed by atoms with Crippen molar-refractivity contribution in [2.45, 2.75) is 38.9 Å². The van der Waals surface area contributed by atoms with Gasteiger partial charge < -0.3 is 20.1 Å². The maximum Gasteiger partial charge on any atom is 0.278 e. The van der Waals surface area contributed by atoms with Crippen LogP contribution in [0.4, 0.5) is 5.82 Å². The molecule has 3 aromatic heterocycles. The Hall–Kier alpha value is -3.72. The van der Waals surface area contributed by atoms with E-state index in [1.54, 1.807) is 24.9 Å². The Labute approximate surface area is 203 Å². The quantitative estimate of drug-likeness (QED) is 0.478. The molecule has 5 rings (SSSR count). The fourth-order valence-corrected chi connectivity index (χ4v) is 5.09. The van der Waals surface area contributed by atoms with E-state index in [0.29, 0.717) is 36.2 Å². The summed E-state index contributed by atoms with van der Waals surface area (Å²) < 4.78 is 3.52. The number of pyridine rings is 1. The molecule has 1 atom stereocenters. The summed E-state index contributed by atoms with van der Waals surface area (Å²) in [5, 5.41) is 2.07. The lowest BCUT2D eigenvalue weighted by Crippen LogP contribution is -2.44. The number of aromatic nitrogens is 4. The second-order valence-corrected chi connectivity index (χ2v) is 9.34. The zero-order valence-corrected chi connectivity index (χ0v) is 20.4. The van der Waals surface area contributed by atoms with E-state index < -0.39 is 0 Å². The number of nitrogens with two attached hydrogens (primary N) is 1. The molecule has 1 saturated heterocycles. The highest BCUT2D eigenvalue weighted by Crippen LogP contribution is 2.33. The fourth-order valence-electron chi connectivity index (χ4n) is 5.09. The summed E-state index contributed by atoms with van der Waals surface area (Å²) in [7, 11) is 3.44. The van der Waals surface area contributed by atoms with Crippen LogP contribution in [0.25, 0.3) is 21.8 Å². The molecule has 0 spiro atoms. The molecule has 1 fully saturated rings. The van der Waals surface area contributed by atoms with Gasteiger partial charge in [-0.05, 0) is 31.2 Å². The summed E-state index contributed by atoms with van der Waals surface area (Å²) in [6.45, 7) is 4.23. The van der Waals surface area contributed by atoms with Crippen molar-refractivity contribution in [3.05, 3.63) is 64.5 Å². The van der Waals surface area contributed by atoms with E-state index in [1.807, 2.05) is 41.8 Å². The number of carbonyl (C=O) groups is 1. The van der Waals surface area contributed by atoms with Crippen LogP contribution in [-0.2, 0) is 13.1 Å². The van der Waals surface area contributed by atoms with Crippen molar-refractivity contribution in [2.24, 2.45) is 5.73 Å². The Balaban J connectivity index is 1.71. The van der Waals surface area contributed by atoms with Gasteiger partial charge in [0.25, 0.3) is 11.5 Å². The lowest BCUT2D eigenvalue weighted by Gasteiger charge is -2.34. The predicted octanol–water partition coefficient (Wildman–Crippen LogP) is 2.44. The molecule has 0 saturated carbocycles. The molecule has 1 aromatic carbocycles. The second kappa shape index (κ2) is 9.14. The van der Waals surface area contributed by atoms with Gasteiger partial charge in [-0.25, -0.2) is 4.98 Å². The number of piperidine rings is 1. The first kappa shape index (κ1) is 23.0. The van der Waals surface area contributed by atoms with Crippen molar-refractivity contribution >= 4 is 33.5 Å². The van der Waals surface area contributed by atoms with Gasteiger partial charge >= 0.3 is 0 Å². The first-order chi connectivity index (χ1) is 16.9. The summed E-state index contributed by atoms with van der Waals surface area (Å²) in [5.41, 5.74) is 8.24. The number of aryl methyl sites for hydroxylation is 1. The van der Waals surface area contributed by atoms with E-state index in [2.05, 4.69) is 14.9 Å². The van der Waals surface area contributed by atoms with Crippen molar-refractivity contribution < 1.29 is 4.79 Å². The fraction of sp³-hybridized carbons (Fsp3) is 0.385. The smallest absolute Gasteiger partial charge is 0.278 e. The SMILES string of the molecule is CCn1c(N2CCC[C@H](N)C2)c(C(=O)N(C)C)c2ncn(Cc3nccc4ccccc34)c(=O)c21. The number of fused-ring (bicyclic) bond motifs is 2. The Kier molecular flexibility index (Phi) is 6.02. The van der Waals surface area contributed by atoms with Crippen molar-refractivity contribution in [3.63, 3.8) is 0 Å². The molecule has 0 unspecified atom stereocenters. The minimum Gasteiger partial charge on any atom is -0.356 e. The first-order valence-corrected chi connectivity index (χ1v) is 12.1. The highest BCUT2D eigenvalue weighted by molar-refractivity contribution is 6.10. The third-order valence-corrected chi connectivity index (χ3v) is 6.77. The maximum atomic E-state index is 13.9. The Morgan fingerprint density at radius 3 is 2.74 bits per heavy atom. The molecule has 2 N–H and O–H groups in total. The number of benzene rings is 1. The minimum atomic E-state index is -0.188. The van der Waals surface area contributed by atoms with Gasteiger partial charge in [0.1, 0.15) is 22.4 Å². The Morgan fingerprint density at radius 2 is 2.00 bits per heavy atom. The molecule has 9 nitrogen and oxygen atoms in total. The molecule has 9 heteroatoms. The van der Waals surface area contributed by atoms with Gasteiger partial charge in [0.2, 0.25) is 0 Å². The molecule has 0 aliphatic carbocycles. The molecule has 35 heavy (non-hydrogen) atoms. The average molecular weight is 474 g/mol. The monoisotopic (exact) mass is 473 g/mol. The molecule has 4 heterocycles. The van der Waals surface area contributed by atoms with Gasteiger partial charge in [-0.15, -0.1) is 0 Å². The third-order valence-electron chi connectivity index (χ3n) is 6.77. The number of hydrogen-bond donors (Lipinski definition) is 1. The zero-order valence-electron chi connectivity index (χ0n) is 20.4. The topological polar surface area (TPSA) is 102 Å². The summed E-state index contributed by atoms with van der Waals surface area (Å²) in [5.74, 6) is 0.568. The lowest BCUT2D eigenvalue weighted by molar-refractivity contribution is 0.0829. The molecular formula is C26H31N7O2. The summed E-state index contributed by atoms with van der Waals surface area (Å²) in [4.78, 5) is 40.1. The summed E-state index contributed by atoms with van der Waals surface area (Å²) in [6, 6.07) is 9.97. The minimum absolute atomic E-state index is 0.0245. The summed E-state index contributed by atoms with van der Waals surface area (Å²) >= 11 is 0.